The summed E-state index contributed by atoms with van der Waals surface area (Å²) in [4.78, 5) is 66.1. The third-order valence-corrected chi connectivity index (χ3v) is 13.5. The number of ketones is 3. The van der Waals surface area contributed by atoms with Gasteiger partial charge in [0.15, 0.2) is 17.9 Å². The number of unbranched alkanes of at least 4 members (excludes halogenated alkanes) is 9. The topological polar surface area (TPSA) is 247 Å². The molecule has 2 aromatic rings. The molecule has 0 radical (unpaired) electrons. The van der Waals surface area contributed by atoms with Gasteiger partial charge < -0.3 is 55.1 Å². The summed E-state index contributed by atoms with van der Waals surface area (Å²) in [6, 6.07) is 3.42. The molecule has 0 saturated carbocycles. The standard InChI is InChI=1S/C52H74N2O14/c1-5-6-7-16-21-32(2)22-17-14-12-10-8-9-11-13-15-18-27-66-51(63)53-26-20-25-40(57)54-36-28-41(67-33(3)46(36)58)68-38-30-52(64,39(56)31-55)29-35-43(38)50(62)45-44(48(35)60)47(59)34-23-19-24-37(65-4)42(34)49(45)61/h12,14,19,23-24,32-33,36,38,41,46,55,58,60,62,64H,5-11,13,15-18,20-22,25-31H2,1-4H3,(H,53,63)(H,54,57). The Kier molecular flexibility index (Phi) is 20.8. The number of ether oxygens (including phenoxy) is 4. The summed E-state index contributed by atoms with van der Waals surface area (Å²) < 4.78 is 22.8. The molecule has 1 saturated heterocycles. The van der Waals surface area contributed by atoms with E-state index in [2.05, 4.69) is 36.6 Å². The molecule has 3 aliphatic rings. The van der Waals surface area contributed by atoms with Gasteiger partial charge in [-0.2, -0.15) is 0 Å². The summed E-state index contributed by atoms with van der Waals surface area (Å²) >= 11 is 0. The molecule has 0 bridgehead atoms. The highest BCUT2D eigenvalue weighted by Crippen LogP contribution is 2.52. The van der Waals surface area contributed by atoms with Crippen LogP contribution in [0.4, 0.5) is 4.79 Å². The van der Waals surface area contributed by atoms with Gasteiger partial charge in [0.25, 0.3) is 0 Å². The summed E-state index contributed by atoms with van der Waals surface area (Å²) in [6.45, 7) is 5.57. The Labute approximate surface area is 400 Å². The van der Waals surface area contributed by atoms with Crippen molar-refractivity contribution in [1.82, 2.24) is 10.6 Å². The minimum Gasteiger partial charge on any atom is -0.507 e. The maximum absolute atomic E-state index is 14.0. The van der Waals surface area contributed by atoms with Crippen molar-refractivity contribution in [2.45, 2.75) is 179 Å². The Morgan fingerprint density at radius 1 is 0.912 bits per heavy atom. The summed E-state index contributed by atoms with van der Waals surface area (Å²) in [5.41, 5.74) is -4.03. The quantitative estimate of drug-likeness (QED) is 0.0225. The molecule has 7 atom stereocenters. The predicted octanol–water partition coefficient (Wildman–Crippen LogP) is 7.34. The van der Waals surface area contributed by atoms with E-state index in [1.54, 1.807) is 6.92 Å². The number of carbonyl (C=O) groups excluding carboxylic acids is 5. The first kappa shape index (κ1) is 54.1. The van der Waals surface area contributed by atoms with Gasteiger partial charge in [0.1, 0.15) is 35.6 Å². The number of hydrogen-bond acceptors (Lipinski definition) is 14. The van der Waals surface area contributed by atoms with Crippen molar-refractivity contribution in [1.29, 1.82) is 0 Å². The summed E-state index contributed by atoms with van der Waals surface area (Å²) in [5.74, 6) is -3.68. The van der Waals surface area contributed by atoms with Crippen molar-refractivity contribution < 1.29 is 68.5 Å². The molecular weight excluding hydrogens is 877 g/mol. The van der Waals surface area contributed by atoms with Crippen LogP contribution in [0.15, 0.2) is 30.4 Å². The number of benzene rings is 2. The number of allylic oxidation sites excluding steroid dienone is 2. The van der Waals surface area contributed by atoms with Crippen molar-refractivity contribution in [2.75, 3.05) is 26.9 Å². The van der Waals surface area contributed by atoms with E-state index >= 15 is 0 Å². The van der Waals surface area contributed by atoms with Gasteiger partial charge in [-0.25, -0.2) is 4.79 Å². The smallest absolute Gasteiger partial charge is 0.407 e. The Morgan fingerprint density at radius 3 is 2.35 bits per heavy atom. The first-order valence-corrected chi connectivity index (χ1v) is 24.7. The van der Waals surface area contributed by atoms with Crippen LogP contribution >= 0.6 is 0 Å². The maximum Gasteiger partial charge on any atom is 0.407 e. The van der Waals surface area contributed by atoms with Crippen LogP contribution in [0.5, 0.6) is 17.2 Å². The molecule has 2 aliphatic carbocycles. The lowest BCUT2D eigenvalue weighted by molar-refractivity contribution is -0.249. The first-order chi connectivity index (χ1) is 32.6. The van der Waals surface area contributed by atoms with Crippen LogP contribution in [-0.2, 0) is 30.2 Å². The Hall–Kier alpha value is -4.87. The average Bonchev–Trinajstić information content (AvgIpc) is 3.31. The third kappa shape index (κ3) is 13.9. The van der Waals surface area contributed by atoms with Gasteiger partial charge in [0, 0.05) is 48.9 Å². The molecule has 2 aromatic carbocycles. The number of alkyl carbamates (subject to hydrolysis) is 1. The largest absolute Gasteiger partial charge is 0.507 e. The molecule has 5 rings (SSSR count). The van der Waals surface area contributed by atoms with E-state index in [4.69, 9.17) is 18.9 Å². The van der Waals surface area contributed by atoms with Crippen LogP contribution in [0.1, 0.15) is 185 Å². The summed E-state index contributed by atoms with van der Waals surface area (Å²) in [5, 5.41) is 61.3. The number of phenolic OH excluding ortho intramolecular Hbond substituents is 2. The molecule has 68 heavy (non-hydrogen) atoms. The lowest BCUT2D eigenvalue weighted by atomic mass is 9.72. The van der Waals surface area contributed by atoms with Crippen LogP contribution in [0, 0.1) is 5.92 Å². The number of aliphatic hydroxyl groups excluding tert-OH is 2. The van der Waals surface area contributed by atoms with E-state index in [1.807, 2.05) is 0 Å². The average molecular weight is 951 g/mol. The number of fused-ring (bicyclic) bond motifs is 3. The monoisotopic (exact) mass is 951 g/mol. The van der Waals surface area contributed by atoms with Crippen LogP contribution in [0.3, 0.4) is 0 Å². The molecule has 7 N–H and O–H groups in total. The van der Waals surface area contributed by atoms with Crippen molar-refractivity contribution in [3.8, 4) is 17.2 Å². The van der Waals surface area contributed by atoms with Crippen LogP contribution in [0.2, 0.25) is 0 Å². The number of aromatic hydroxyl groups is 2. The molecule has 2 amide bonds. The van der Waals surface area contributed by atoms with Gasteiger partial charge in [0.2, 0.25) is 11.7 Å². The van der Waals surface area contributed by atoms with E-state index in [9.17, 15) is 49.5 Å². The number of amides is 2. The van der Waals surface area contributed by atoms with E-state index < -0.39 is 108 Å². The molecule has 16 nitrogen and oxygen atoms in total. The second kappa shape index (κ2) is 26.2. The number of aliphatic hydroxyl groups is 3. The number of Topliss-reactive ketones (excluding diaryl/α,β-unsaturated/α-hetero) is 1. The summed E-state index contributed by atoms with van der Waals surface area (Å²) in [6.07, 6.45) is 14.8. The lowest BCUT2D eigenvalue weighted by Crippen LogP contribution is -2.55. The molecule has 7 unspecified atom stereocenters. The second-order valence-electron chi connectivity index (χ2n) is 18.7. The molecule has 376 valence electrons. The highest BCUT2D eigenvalue weighted by molar-refractivity contribution is 6.31. The molecule has 0 aromatic heterocycles. The summed E-state index contributed by atoms with van der Waals surface area (Å²) in [7, 11) is 1.31. The van der Waals surface area contributed by atoms with E-state index in [0.29, 0.717) is 6.61 Å². The molecule has 0 spiro atoms. The van der Waals surface area contributed by atoms with E-state index in [-0.39, 0.29) is 53.8 Å². The van der Waals surface area contributed by atoms with Gasteiger partial charge in [-0.1, -0.05) is 95.9 Å². The number of rotatable bonds is 27. The minimum atomic E-state index is -2.34. The van der Waals surface area contributed by atoms with Gasteiger partial charge >= 0.3 is 6.09 Å². The second-order valence-corrected chi connectivity index (χ2v) is 18.7. The predicted molar refractivity (Wildman–Crippen MR) is 253 cm³/mol. The zero-order chi connectivity index (χ0) is 49.4. The van der Waals surface area contributed by atoms with Crippen molar-refractivity contribution in [3.63, 3.8) is 0 Å². The van der Waals surface area contributed by atoms with Crippen LogP contribution < -0.4 is 15.4 Å². The fourth-order valence-corrected chi connectivity index (χ4v) is 9.54. The number of carbonyl (C=O) groups is 5. The normalized spacial score (nSPS) is 22.5. The van der Waals surface area contributed by atoms with Gasteiger partial charge in [-0.15, -0.1) is 0 Å². The molecule has 1 heterocycles. The minimum absolute atomic E-state index is 0.00365. The third-order valence-electron chi connectivity index (χ3n) is 13.5. The zero-order valence-corrected chi connectivity index (χ0v) is 40.3. The van der Waals surface area contributed by atoms with Crippen molar-refractivity contribution >= 4 is 29.4 Å². The number of nitrogens with one attached hydrogen (secondary N) is 2. The Morgan fingerprint density at radius 2 is 1.62 bits per heavy atom. The van der Waals surface area contributed by atoms with Crippen molar-refractivity contribution in [2.24, 2.45) is 5.92 Å². The van der Waals surface area contributed by atoms with Gasteiger partial charge in [0.05, 0.1) is 48.7 Å². The van der Waals surface area contributed by atoms with Gasteiger partial charge in [-0.3, -0.25) is 19.2 Å². The Bertz CT molecular complexity index is 2090. The maximum atomic E-state index is 14.0. The first-order valence-electron chi connectivity index (χ1n) is 24.7. The molecular formula is C52H74N2O14. The highest BCUT2D eigenvalue weighted by atomic mass is 16.7. The SMILES string of the molecule is CCCCCCC(C)CCC=CCCCCCCCCOC(=O)NCCCC(=O)NC1CC(OC2CC(O)(C(=O)CO)Cc3c(O)c4c(c(O)c32)C(=O)c2c(OC)cccc2C4=O)OC(C)C1O. The fraction of sp³-hybridized carbons (Fsp3) is 0.635. The van der Waals surface area contributed by atoms with Gasteiger partial charge in [-0.05, 0) is 57.4 Å². The van der Waals surface area contributed by atoms with Crippen molar-refractivity contribution in [3.05, 3.63) is 63.7 Å². The zero-order valence-electron chi connectivity index (χ0n) is 40.3. The fourth-order valence-electron chi connectivity index (χ4n) is 9.54. The van der Waals surface area contributed by atoms with Crippen LogP contribution in [-0.4, -0.2) is 112 Å². The molecule has 16 heteroatoms. The number of methoxy groups -OCH3 is 1. The number of phenols is 2. The molecule has 1 aliphatic heterocycles. The number of hydrogen-bond donors (Lipinski definition) is 7. The lowest BCUT2D eigenvalue weighted by Gasteiger charge is -2.43. The van der Waals surface area contributed by atoms with E-state index in [1.165, 1.54) is 83.1 Å². The van der Waals surface area contributed by atoms with Crippen LogP contribution in [0.25, 0.3) is 0 Å². The highest BCUT2D eigenvalue weighted by Gasteiger charge is 2.50. The molecule has 1 fully saturated rings. The Balaban J connectivity index is 1.05. The van der Waals surface area contributed by atoms with E-state index in [0.717, 1.165) is 38.0 Å².